The Labute approximate surface area is 105 Å². The van der Waals surface area contributed by atoms with E-state index < -0.39 is 0 Å². The molecule has 0 aliphatic carbocycles. The lowest BCUT2D eigenvalue weighted by Crippen LogP contribution is -2.19. The second-order valence-corrected chi connectivity index (χ2v) is 3.71. The molecule has 5 nitrogen and oxygen atoms in total. The number of nitrogen functional groups attached to an aromatic ring is 1. The molecule has 0 aliphatic rings. The second kappa shape index (κ2) is 5.06. The Kier molecular flexibility index (Phi) is 3.30. The van der Waals surface area contributed by atoms with Gasteiger partial charge in [-0.3, -0.25) is 9.48 Å². The second-order valence-electron chi connectivity index (χ2n) is 3.71. The number of amides is 1. The van der Waals surface area contributed by atoms with Gasteiger partial charge in [0.05, 0.1) is 0 Å². The predicted octanol–water partition coefficient (Wildman–Crippen LogP) is 1.09. The van der Waals surface area contributed by atoms with E-state index >= 15 is 0 Å². The molecule has 0 unspecified atom stereocenters. The number of anilines is 2. The number of nitrogens with one attached hydrogen (secondary N) is 1. The molecule has 3 N–H and O–H groups in total. The molecule has 1 amide bonds. The molecule has 1 aromatic carbocycles. The van der Waals surface area contributed by atoms with Crippen molar-refractivity contribution < 1.29 is 4.79 Å². The Morgan fingerprint density at radius 3 is 3.00 bits per heavy atom. The molecule has 0 saturated carbocycles. The van der Waals surface area contributed by atoms with Crippen molar-refractivity contribution >= 4 is 17.4 Å². The van der Waals surface area contributed by atoms with Crippen LogP contribution in [0.4, 0.5) is 11.5 Å². The molecule has 0 aliphatic heterocycles. The van der Waals surface area contributed by atoms with Crippen LogP contribution in [0.3, 0.4) is 0 Å². The largest absolute Gasteiger partial charge is 0.382 e. The van der Waals surface area contributed by atoms with Crippen LogP contribution in [-0.4, -0.2) is 15.7 Å². The van der Waals surface area contributed by atoms with Crippen molar-refractivity contribution in [2.75, 3.05) is 11.1 Å². The predicted molar refractivity (Wildman–Crippen MR) is 69.6 cm³/mol. The van der Waals surface area contributed by atoms with Crippen molar-refractivity contribution in [3.63, 3.8) is 0 Å². The molecule has 18 heavy (non-hydrogen) atoms. The average Bonchev–Trinajstić information content (AvgIpc) is 2.74. The Hall–Kier alpha value is -2.74. The van der Waals surface area contributed by atoms with Gasteiger partial charge in [0, 0.05) is 17.4 Å². The third-order valence-electron chi connectivity index (χ3n) is 2.28. The number of nitrogens with two attached hydrogens (primary N) is 1. The number of hydrogen-bond acceptors (Lipinski definition) is 3. The minimum Gasteiger partial charge on any atom is -0.382 e. The molecule has 2 aromatic rings. The minimum atomic E-state index is -0.188. The lowest BCUT2D eigenvalue weighted by molar-refractivity contribution is -0.116. The topological polar surface area (TPSA) is 72.9 Å². The minimum absolute atomic E-state index is 0.109. The maximum absolute atomic E-state index is 11.7. The number of aromatic nitrogens is 2. The van der Waals surface area contributed by atoms with Gasteiger partial charge in [0.1, 0.15) is 12.4 Å². The summed E-state index contributed by atoms with van der Waals surface area (Å²) in [6.45, 7) is 0.109. The summed E-state index contributed by atoms with van der Waals surface area (Å²) in [4.78, 5) is 11.7. The summed E-state index contributed by atoms with van der Waals surface area (Å²) in [7, 11) is 0. The molecule has 2 rings (SSSR count). The van der Waals surface area contributed by atoms with Gasteiger partial charge < -0.3 is 11.1 Å². The highest BCUT2D eigenvalue weighted by molar-refractivity contribution is 5.90. The number of nitrogens with zero attached hydrogens (tertiary/aromatic N) is 2. The van der Waals surface area contributed by atoms with Crippen molar-refractivity contribution in [2.45, 2.75) is 6.54 Å². The van der Waals surface area contributed by atoms with Crippen molar-refractivity contribution in [3.05, 3.63) is 42.1 Å². The smallest absolute Gasteiger partial charge is 0.246 e. The molecular weight excluding hydrogens is 228 g/mol. The third kappa shape index (κ3) is 2.89. The first kappa shape index (κ1) is 11.7. The summed E-state index contributed by atoms with van der Waals surface area (Å²) in [5.74, 6) is 2.71. The Bertz CT molecular complexity index is 609. The van der Waals surface area contributed by atoms with E-state index in [1.54, 1.807) is 36.5 Å². The van der Waals surface area contributed by atoms with Gasteiger partial charge in [0.25, 0.3) is 0 Å². The summed E-state index contributed by atoms with van der Waals surface area (Å²) in [6, 6.07) is 8.72. The fraction of sp³-hybridized carbons (Fsp3) is 0.0769. The van der Waals surface area contributed by atoms with Crippen LogP contribution in [0.25, 0.3) is 0 Å². The molecule has 0 atom stereocenters. The summed E-state index contributed by atoms with van der Waals surface area (Å²) in [5.41, 5.74) is 6.84. The zero-order chi connectivity index (χ0) is 13.0. The van der Waals surface area contributed by atoms with Gasteiger partial charge in [-0.1, -0.05) is 12.0 Å². The molecule has 1 heterocycles. The Morgan fingerprint density at radius 2 is 2.33 bits per heavy atom. The zero-order valence-corrected chi connectivity index (χ0v) is 9.63. The first-order valence-electron chi connectivity index (χ1n) is 5.33. The number of carbonyl (C=O) groups excluding carboxylic acids is 1. The van der Waals surface area contributed by atoms with Crippen molar-refractivity contribution in [2.24, 2.45) is 0 Å². The molecule has 0 radical (unpaired) electrons. The number of hydrogen-bond donors (Lipinski definition) is 2. The van der Waals surface area contributed by atoms with E-state index in [0.717, 1.165) is 5.56 Å². The maximum atomic E-state index is 11.7. The number of rotatable bonds is 3. The zero-order valence-electron chi connectivity index (χ0n) is 9.63. The lowest BCUT2D eigenvalue weighted by Gasteiger charge is -2.05. The summed E-state index contributed by atoms with van der Waals surface area (Å²) < 4.78 is 1.47. The van der Waals surface area contributed by atoms with Gasteiger partial charge in [-0.25, -0.2) is 0 Å². The molecule has 1 aromatic heterocycles. The molecule has 0 spiro atoms. The molecule has 90 valence electrons. The molecule has 0 bridgehead atoms. The normalized spacial score (nSPS) is 9.72. The standard InChI is InChI=1S/C13H12N4O/c1-2-10-4-3-5-11(8-10)15-13(18)9-17-7-6-12(14)16-17/h1,3-8H,9H2,(H2,14,16)(H,15,18). The first-order chi connectivity index (χ1) is 8.67. The van der Waals surface area contributed by atoms with E-state index in [1.807, 2.05) is 0 Å². The third-order valence-corrected chi connectivity index (χ3v) is 2.28. The SMILES string of the molecule is C#Cc1cccc(NC(=O)Cn2ccc(N)n2)c1. The van der Waals surface area contributed by atoms with Gasteiger partial charge >= 0.3 is 0 Å². The van der Waals surface area contributed by atoms with Crippen LogP contribution >= 0.6 is 0 Å². The highest BCUT2D eigenvalue weighted by Crippen LogP contribution is 2.09. The van der Waals surface area contributed by atoms with Crippen molar-refractivity contribution in [1.82, 2.24) is 9.78 Å². The summed E-state index contributed by atoms with van der Waals surface area (Å²) >= 11 is 0. The Morgan fingerprint density at radius 1 is 1.50 bits per heavy atom. The van der Waals surface area contributed by atoms with Gasteiger partial charge in [0.2, 0.25) is 5.91 Å². The van der Waals surface area contributed by atoms with Crippen LogP contribution in [0.5, 0.6) is 0 Å². The van der Waals surface area contributed by atoms with Crippen LogP contribution in [0.15, 0.2) is 36.5 Å². The Balaban J connectivity index is 2.01. The van der Waals surface area contributed by atoms with Gasteiger partial charge in [-0.15, -0.1) is 6.42 Å². The van der Waals surface area contributed by atoms with Gasteiger partial charge in [-0.05, 0) is 24.3 Å². The van der Waals surface area contributed by atoms with E-state index in [9.17, 15) is 4.79 Å². The van der Waals surface area contributed by atoms with E-state index in [1.165, 1.54) is 4.68 Å². The summed E-state index contributed by atoms with van der Waals surface area (Å²) in [6.07, 6.45) is 6.93. The number of terminal acetylenes is 1. The van der Waals surface area contributed by atoms with Gasteiger partial charge in [-0.2, -0.15) is 5.10 Å². The van der Waals surface area contributed by atoms with Crippen LogP contribution in [0.2, 0.25) is 0 Å². The summed E-state index contributed by atoms with van der Waals surface area (Å²) in [5, 5.41) is 6.67. The van der Waals surface area contributed by atoms with Crippen LogP contribution in [0, 0.1) is 12.3 Å². The fourth-order valence-electron chi connectivity index (χ4n) is 1.50. The highest BCUT2D eigenvalue weighted by atomic mass is 16.2. The lowest BCUT2D eigenvalue weighted by atomic mass is 10.2. The van der Waals surface area contributed by atoms with E-state index in [2.05, 4.69) is 16.3 Å². The van der Waals surface area contributed by atoms with Crippen LogP contribution < -0.4 is 11.1 Å². The molecule has 0 fully saturated rings. The van der Waals surface area contributed by atoms with Crippen LogP contribution in [-0.2, 0) is 11.3 Å². The van der Waals surface area contributed by atoms with Gasteiger partial charge in [0.15, 0.2) is 0 Å². The van der Waals surface area contributed by atoms with Crippen LogP contribution in [0.1, 0.15) is 5.56 Å². The number of carbonyl (C=O) groups is 1. The highest BCUT2D eigenvalue weighted by Gasteiger charge is 2.04. The van der Waals surface area contributed by atoms with E-state index in [0.29, 0.717) is 11.5 Å². The number of benzene rings is 1. The fourth-order valence-corrected chi connectivity index (χ4v) is 1.50. The van der Waals surface area contributed by atoms with Crippen molar-refractivity contribution in [1.29, 1.82) is 0 Å². The van der Waals surface area contributed by atoms with E-state index in [-0.39, 0.29) is 12.5 Å². The maximum Gasteiger partial charge on any atom is 0.246 e. The average molecular weight is 240 g/mol. The molecule has 0 saturated heterocycles. The molecule has 5 heteroatoms. The van der Waals surface area contributed by atoms with Crippen molar-refractivity contribution in [3.8, 4) is 12.3 Å². The molecular formula is C13H12N4O. The monoisotopic (exact) mass is 240 g/mol. The van der Waals surface area contributed by atoms with E-state index in [4.69, 9.17) is 12.2 Å². The first-order valence-corrected chi connectivity index (χ1v) is 5.33. The quantitative estimate of drug-likeness (QED) is 0.789.